The molecular weight excluding hydrogens is 260 g/mol. The number of halogens is 1. The minimum absolute atomic E-state index is 0.252. The molecule has 1 aliphatic carbocycles. The van der Waals surface area contributed by atoms with Crippen LogP contribution in [0.25, 0.3) is 0 Å². The Labute approximate surface area is 120 Å². The van der Waals surface area contributed by atoms with Crippen molar-refractivity contribution in [3.8, 4) is 0 Å². The van der Waals surface area contributed by atoms with Gasteiger partial charge in [-0.3, -0.25) is 0 Å². The Bertz CT molecular complexity index is 453. The lowest BCUT2D eigenvalue weighted by molar-refractivity contribution is 0.172. The molecule has 0 unspecified atom stereocenters. The van der Waals surface area contributed by atoms with Crippen LogP contribution in [0.1, 0.15) is 36.8 Å². The van der Waals surface area contributed by atoms with Crippen LogP contribution in [-0.4, -0.2) is 41.3 Å². The van der Waals surface area contributed by atoms with E-state index in [4.69, 9.17) is 11.6 Å². The van der Waals surface area contributed by atoms with E-state index in [9.17, 15) is 0 Å². The first kappa shape index (κ1) is 14.5. The molecule has 2 rings (SSSR count). The summed E-state index contributed by atoms with van der Waals surface area (Å²) in [7, 11) is 4.33. The summed E-state index contributed by atoms with van der Waals surface area (Å²) in [4.78, 5) is 2.35. The van der Waals surface area contributed by atoms with E-state index >= 15 is 0 Å². The van der Waals surface area contributed by atoms with Crippen LogP contribution in [0, 0.1) is 13.8 Å². The van der Waals surface area contributed by atoms with Gasteiger partial charge in [0.1, 0.15) is 0 Å². The predicted octanol–water partition coefficient (Wildman–Crippen LogP) is 3.03. The summed E-state index contributed by atoms with van der Waals surface area (Å²) in [6.45, 7) is 4.93. The fraction of sp³-hybridized carbons (Fsp3) is 0.714. The predicted molar refractivity (Wildman–Crippen MR) is 79.9 cm³/mol. The van der Waals surface area contributed by atoms with E-state index in [2.05, 4.69) is 34.5 Å². The van der Waals surface area contributed by atoms with Crippen LogP contribution < -0.4 is 5.32 Å². The average Bonchev–Trinajstić information content (AvgIpc) is 2.85. The first-order chi connectivity index (χ1) is 8.96. The highest BCUT2D eigenvalue weighted by Gasteiger charge is 2.35. The van der Waals surface area contributed by atoms with Crippen molar-refractivity contribution in [2.24, 2.45) is 0 Å². The van der Waals surface area contributed by atoms with Crippen LogP contribution in [-0.2, 0) is 0 Å². The van der Waals surface area contributed by atoms with Gasteiger partial charge in [-0.2, -0.15) is 0 Å². The molecule has 0 radical (unpaired) electrons. The third-order valence-corrected chi connectivity index (χ3v) is 4.89. The largest absolute Gasteiger partial charge is 0.366 e. The fourth-order valence-corrected chi connectivity index (χ4v) is 2.99. The number of aromatic nitrogens is 2. The maximum Gasteiger partial charge on any atom is 0.155 e. The van der Waals surface area contributed by atoms with E-state index in [1.54, 1.807) is 0 Å². The lowest BCUT2D eigenvalue weighted by atomic mass is 9.96. The van der Waals surface area contributed by atoms with Gasteiger partial charge in [-0.05, 0) is 51.9 Å². The highest BCUT2D eigenvalue weighted by Crippen LogP contribution is 2.34. The smallest absolute Gasteiger partial charge is 0.155 e. The van der Waals surface area contributed by atoms with Crippen molar-refractivity contribution in [1.82, 2.24) is 15.1 Å². The zero-order valence-corrected chi connectivity index (χ0v) is 13.0. The zero-order chi connectivity index (χ0) is 14.0. The van der Waals surface area contributed by atoms with Gasteiger partial charge in [0.05, 0.1) is 0 Å². The second kappa shape index (κ2) is 5.63. The first-order valence-corrected chi connectivity index (χ1v) is 7.25. The van der Waals surface area contributed by atoms with Crippen LogP contribution in [0.5, 0.6) is 0 Å². The molecule has 0 atom stereocenters. The molecule has 1 fully saturated rings. The molecule has 0 aliphatic heterocycles. The van der Waals surface area contributed by atoms with Crippen molar-refractivity contribution in [3.63, 3.8) is 0 Å². The SMILES string of the molecule is Cc1c(Cl)nnc(NCC2(N(C)C)CCCC2)c1C. The number of likely N-dealkylation sites (N-methyl/N-ethyl adjacent to an activating group) is 1. The summed E-state index contributed by atoms with van der Waals surface area (Å²) in [5, 5.41) is 12.1. The van der Waals surface area contributed by atoms with E-state index in [1.165, 1.54) is 25.7 Å². The number of hydrogen-bond acceptors (Lipinski definition) is 4. The molecule has 5 heteroatoms. The van der Waals surface area contributed by atoms with Crippen LogP contribution in [0.15, 0.2) is 0 Å². The molecule has 19 heavy (non-hydrogen) atoms. The van der Waals surface area contributed by atoms with Gasteiger partial charge in [0.2, 0.25) is 0 Å². The number of nitrogens with one attached hydrogen (secondary N) is 1. The Kier molecular flexibility index (Phi) is 4.31. The first-order valence-electron chi connectivity index (χ1n) is 6.87. The summed E-state index contributed by atoms with van der Waals surface area (Å²) in [5.74, 6) is 0.857. The molecule has 0 spiro atoms. The van der Waals surface area contributed by atoms with Crippen LogP contribution in [0.3, 0.4) is 0 Å². The second-order valence-electron chi connectivity index (χ2n) is 5.77. The fourth-order valence-electron chi connectivity index (χ4n) is 2.81. The van der Waals surface area contributed by atoms with E-state index < -0.39 is 0 Å². The van der Waals surface area contributed by atoms with E-state index in [0.29, 0.717) is 5.15 Å². The molecule has 1 N–H and O–H groups in total. The summed E-state index contributed by atoms with van der Waals surface area (Å²) in [5.41, 5.74) is 2.35. The molecule has 0 aromatic carbocycles. The molecule has 4 nitrogen and oxygen atoms in total. The third kappa shape index (κ3) is 2.84. The normalized spacial score (nSPS) is 18.0. The van der Waals surface area contributed by atoms with Crippen molar-refractivity contribution in [1.29, 1.82) is 0 Å². The summed E-state index contributed by atoms with van der Waals surface area (Å²) >= 11 is 5.98. The van der Waals surface area contributed by atoms with Gasteiger partial charge < -0.3 is 10.2 Å². The number of hydrogen-bond donors (Lipinski definition) is 1. The van der Waals surface area contributed by atoms with Gasteiger partial charge in [0.15, 0.2) is 11.0 Å². The van der Waals surface area contributed by atoms with Gasteiger partial charge >= 0.3 is 0 Å². The molecule has 1 aromatic heterocycles. The van der Waals surface area contributed by atoms with Crippen molar-refractivity contribution in [3.05, 3.63) is 16.3 Å². The maximum absolute atomic E-state index is 5.98. The Balaban J connectivity index is 2.12. The standard InChI is InChI=1S/C14H23ClN4/c1-10-11(2)13(18-17-12(10)15)16-9-14(19(3)4)7-5-6-8-14/h5-9H2,1-4H3,(H,16,18). The molecule has 1 heterocycles. The molecule has 1 saturated carbocycles. The molecule has 0 saturated heterocycles. The molecule has 106 valence electrons. The van der Waals surface area contributed by atoms with Gasteiger partial charge in [-0.15, -0.1) is 10.2 Å². The molecule has 1 aliphatic rings. The Hall–Kier alpha value is -0.870. The van der Waals surface area contributed by atoms with Crippen molar-refractivity contribution in [2.45, 2.75) is 45.1 Å². The lowest BCUT2D eigenvalue weighted by Crippen LogP contribution is -2.47. The van der Waals surface area contributed by atoms with E-state index in [1.807, 2.05) is 13.8 Å². The summed E-state index contributed by atoms with van der Waals surface area (Å²) < 4.78 is 0. The zero-order valence-electron chi connectivity index (χ0n) is 12.3. The molecule has 0 amide bonds. The van der Waals surface area contributed by atoms with Gasteiger partial charge in [-0.1, -0.05) is 24.4 Å². The number of anilines is 1. The van der Waals surface area contributed by atoms with Crippen molar-refractivity contribution in [2.75, 3.05) is 26.0 Å². The Morgan fingerprint density at radius 2 is 1.79 bits per heavy atom. The summed E-state index contributed by atoms with van der Waals surface area (Å²) in [6, 6.07) is 0. The maximum atomic E-state index is 5.98. The highest BCUT2D eigenvalue weighted by molar-refractivity contribution is 6.30. The Morgan fingerprint density at radius 1 is 1.16 bits per heavy atom. The number of nitrogens with zero attached hydrogens (tertiary/aromatic N) is 3. The average molecular weight is 283 g/mol. The highest BCUT2D eigenvalue weighted by atomic mass is 35.5. The lowest BCUT2D eigenvalue weighted by Gasteiger charge is -2.36. The van der Waals surface area contributed by atoms with Crippen molar-refractivity contribution >= 4 is 17.4 Å². The molecule has 1 aromatic rings. The van der Waals surface area contributed by atoms with Crippen LogP contribution >= 0.6 is 11.6 Å². The molecular formula is C14H23ClN4. The summed E-state index contributed by atoms with van der Waals surface area (Å²) in [6.07, 6.45) is 5.10. The quantitative estimate of drug-likeness (QED) is 0.922. The Morgan fingerprint density at radius 3 is 2.37 bits per heavy atom. The number of rotatable bonds is 4. The van der Waals surface area contributed by atoms with Crippen molar-refractivity contribution < 1.29 is 0 Å². The monoisotopic (exact) mass is 282 g/mol. The van der Waals surface area contributed by atoms with E-state index in [-0.39, 0.29) is 5.54 Å². The van der Waals surface area contributed by atoms with Gasteiger partial charge in [0.25, 0.3) is 0 Å². The van der Waals surface area contributed by atoms with Gasteiger partial charge in [0, 0.05) is 12.1 Å². The van der Waals surface area contributed by atoms with Crippen LogP contribution in [0.4, 0.5) is 5.82 Å². The minimum atomic E-state index is 0.252. The van der Waals surface area contributed by atoms with Crippen LogP contribution in [0.2, 0.25) is 5.15 Å². The topological polar surface area (TPSA) is 41.1 Å². The second-order valence-corrected chi connectivity index (χ2v) is 6.13. The minimum Gasteiger partial charge on any atom is -0.366 e. The molecule has 0 bridgehead atoms. The van der Waals surface area contributed by atoms with E-state index in [0.717, 1.165) is 23.5 Å². The third-order valence-electron chi connectivity index (χ3n) is 4.53. The van der Waals surface area contributed by atoms with Gasteiger partial charge in [-0.25, -0.2) is 0 Å².